The van der Waals surface area contributed by atoms with Crippen molar-refractivity contribution in [1.82, 2.24) is 0 Å². The normalized spacial score (nSPS) is 13.7. The molecular formula is C50H47F11O10S4. The first-order valence-electron chi connectivity index (χ1n) is 21.5. The molecule has 1 N–H and O–H groups in total. The van der Waals surface area contributed by atoms with Crippen molar-refractivity contribution < 1.29 is 93.6 Å². The molecule has 0 aromatic heterocycles. The van der Waals surface area contributed by atoms with Crippen molar-refractivity contribution >= 4 is 42.0 Å². The Balaban J connectivity index is 0.000000275. The van der Waals surface area contributed by atoms with Crippen LogP contribution in [0.15, 0.2) is 187 Å². The van der Waals surface area contributed by atoms with E-state index in [-0.39, 0.29) is 22.5 Å². The Labute approximate surface area is 431 Å². The minimum Gasteiger partial charge on any atom is -0.743 e. The third-order valence-electron chi connectivity index (χ3n) is 9.18. The van der Waals surface area contributed by atoms with Crippen molar-refractivity contribution in [1.29, 1.82) is 0 Å². The Morgan fingerprint density at radius 2 is 0.760 bits per heavy atom. The number of alkyl halides is 10. The topological polar surface area (TPSA) is 162 Å². The van der Waals surface area contributed by atoms with Crippen molar-refractivity contribution in [2.24, 2.45) is 0 Å². The van der Waals surface area contributed by atoms with Gasteiger partial charge in [-0.25, -0.2) is 21.2 Å². The van der Waals surface area contributed by atoms with Gasteiger partial charge in [0.2, 0.25) is 6.10 Å². The van der Waals surface area contributed by atoms with E-state index in [4.69, 9.17) is 14.6 Å². The molecule has 75 heavy (non-hydrogen) atoms. The molecule has 0 heterocycles. The monoisotopic (exact) mass is 1140 g/mol. The maximum Gasteiger partial charge on any atom is 0.432 e. The Morgan fingerprint density at radius 1 is 0.440 bits per heavy atom. The van der Waals surface area contributed by atoms with Gasteiger partial charge in [-0.15, -0.1) is 0 Å². The van der Waals surface area contributed by atoms with Crippen molar-refractivity contribution in [2.45, 2.75) is 117 Å². The summed E-state index contributed by atoms with van der Waals surface area (Å²) in [4.78, 5) is 5.72. The molecule has 0 saturated heterocycles. The van der Waals surface area contributed by atoms with E-state index in [0.29, 0.717) is 10.6 Å². The molecule has 0 bridgehead atoms. The SMILES string of the molecule is CC(C)(C)Oc1cc([S+](c2ccccc2)c2ccccc2)ccc1F.CC(C)(C)Oc1cc([S+](c2ccccc2)c2ccccc2)ccc1OC(C(F)(F)F)C(F)(F)S(=O)(=O)[O-].O=S(=O)([O-])C(F)(F)C(O)C(F)(F)F. The van der Waals surface area contributed by atoms with Crippen molar-refractivity contribution in [3.05, 3.63) is 164 Å². The molecule has 6 aromatic rings. The smallest absolute Gasteiger partial charge is 0.432 e. The van der Waals surface area contributed by atoms with Gasteiger partial charge in [0.25, 0.3) is 6.10 Å². The second kappa shape index (κ2) is 24.2. The number of aliphatic hydroxyl groups is 1. The minimum atomic E-state index is -6.71. The molecular weight excluding hydrogens is 1100 g/mol. The molecule has 25 heteroatoms. The van der Waals surface area contributed by atoms with E-state index in [1.54, 1.807) is 20.8 Å². The zero-order chi connectivity index (χ0) is 56.6. The third-order valence-corrected chi connectivity index (χ3v) is 15.4. The van der Waals surface area contributed by atoms with Crippen LogP contribution in [0.3, 0.4) is 0 Å². The third kappa shape index (κ3) is 17.2. The van der Waals surface area contributed by atoms with Crippen LogP contribution in [0.1, 0.15) is 41.5 Å². The summed E-state index contributed by atoms with van der Waals surface area (Å²) in [5.41, 5.74) is -1.45. The van der Waals surface area contributed by atoms with Crippen molar-refractivity contribution in [2.75, 3.05) is 0 Å². The molecule has 6 rings (SSSR count). The molecule has 6 aromatic carbocycles. The fourth-order valence-electron chi connectivity index (χ4n) is 6.10. The van der Waals surface area contributed by atoms with Gasteiger partial charge in [-0.2, -0.15) is 43.9 Å². The van der Waals surface area contributed by atoms with Crippen LogP contribution in [0.2, 0.25) is 0 Å². The lowest BCUT2D eigenvalue weighted by Crippen LogP contribution is -2.53. The summed E-state index contributed by atoms with van der Waals surface area (Å²) in [6.07, 6.45) is -20.5. The van der Waals surface area contributed by atoms with Gasteiger partial charge in [0, 0.05) is 12.1 Å². The van der Waals surface area contributed by atoms with Crippen LogP contribution in [0.25, 0.3) is 0 Å². The van der Waals surface area contributed by atoms with Crippen LogP contribution in [0.5, 0.6) is 17.2 Å². The van der Waals surface area contributed by atoms with E-state index in [1.807, 2.05) is 130 Å². The van der Waals surface area contributed by atoms with E-state index >= 15 is 0 Å². The number of rotatable bonds is 14. The minimum absolute atomic E-state index is 0.300. The van der Waals surface area contributed by atoms with Gasteiger partial charge in [-0.1, -0.05) is 72.8 Å². The fraction of sp³-hybridized carbons (Fsp3) is 0.280. The van der Waals surface area contributed by atoms with Crippen LogP contribution in [-0.4, -0.2) is 77.3 Å². The van der Waals surface area contributed by atoms with Gasteiger partial charge < -0.3 is 28.4 Å². The summed E-state index contributed by atoms with van der Waals surface area (Å²) in [6, 6.07) is 47.9. The van der Waals surface area contributed by atoms with Crippen LogP contribution in [0.4, 0.5) is 48.3 Å². The molecule has 408 valence electrons. The van der Waals surface area contributed by atoms with E-state index < -0.39 is 83.2 Å². The van der Waals surface area contributed by atoms with Crippen LogP contribution < -0.4 is 14.2 Å². The Hall–Kier alpha value is -5.57. The second-order valence-corrected chi connectivity index (χ2v) is 24.5. The zero-order valence-corrected chi connectivity index (χ0v) is 43.3. The van der Waals surface area contributed by atoms with Crippen LogP contribution >= 0.6 is 0 Å². The van der Waals surface area contributed by atoms with Crippen LogP contribution in [-0.2, 0) is 42.0 Å². The quantitative estimate of drug-likeness (QED) is 0.0631. The largest absolute Gasteiger partial charge is 0.743 e. The number of ether oxygens (including phenoxy) is 3. The highest BCUT2D eigenvalue weighted by Gasteiger charge is 2.63. The maximum absolute atomic E-state index is 14.2. The van der Waals surface area contributed by atoms with Crippen LogP contribution in [0, 0.1) is 5.82 Å². The van der Waals surface area contributed by atoms with Gasteiger partial charge in [0.15, 0.2) is 72.7 Å². The average Bonchev–Trinajstić information content (AvgIpc) is 3.29. The zero-order valence-electron chi connectivity index (χ0n) is 40.1. The average molecular weight is 1150 g/mol. The number of aliphatic hydroxyl groups excluding tert-OH is 1. The van der Waals surface area contributed by atoms with E-state index in [1.165, 1.54) is 28.0 Å². The second-order valence-electron chi connectivity index (χ2n) is 17.5. The van der Waals surface area contributed by atoms with Crippen molar-refractivity contribution in [3.63, 3.8) is 0 Å². The Bertz CT molecular complexity index is 2940. The highest BCUT2D eigenvalue weighted by atomic mass is 32.2. The first kappa shape index (κ1) is 62.0. The van der Waals surface area contributed by atoms with E-state index in [0.717, 1.165) is 20.8 Å². The van der Waals surface area contributed by atoms with E-state index in [2.05, 4.69) is 29.0 Å². The summed E-state index contributed by atoms with van der Waals surface area (Å²) >= 11 is 0. The number of benzene rings is 6. The predicted octanol–water partition coefficient (Wildman–Crippen LogP) is 12.6. The first-order valence-corrected chi connectivity index (χ1v) is 26.8. The Kier molecular flexibility index (Phi) is 20.0. The van der Waals surface area contributed by atoms with Crippen molar-refractivity contribution in [3.8, 4) is 17.2 Å². The summed E-state index contributed by atoms with van der Waals surface area (Å²) in [5, 5.41) is -3.77. The number of hydrogen-bond donors (Lipinski definition) is 1. The van der Waals surface area contributed by atoms with Gasteiger partial charge >= 0.3 is 22.9 Å². The summed E-state index contributed by atoms with van der Waals surface area (Å²) < 4.78 is 219. The Morgan fingerprint density at radius 3 is 1.05 bits per heavy atom. The molecule has 0 radical (unpaired) electrons. The molecule has 2 atom stereocenters. The number of hydrogen-bond acceptors (Lipinski definition) is 10. The van der Waals surface area contributed by atoms with Gasteiger partial charge in [-0.05, 0) is 114 Å². The molecule has 2 unspecified atom stereocenters. The van der Waals surface area contributed by atoms with Gasteiger partial charge in [0.1, 0.15) is 11.2 Å². The molecule has 0 saturated carbocycles. The molecule has 0 fully saturated rings. The van der Waals surface area contributed by atoms with Gasteiger partial charge in [-0.3, -0.25) is 0 Å². The first-order chi connectivity index (χ1) is 34.3. The highest BCUT2D eigenvalue weighted by Crippen LogP contribution is 2.44. The molecule has 0 amide bonds. The standard InChI is InChI=1S/C25H23F5O5S2.C22H22FOS.C3H3F5O4S/c1-23(2,3)35-21-16-19(36(17-10-6-4-7-11-17)18-12-8-5-9-13-18)14-15-20(21)34-22(24(26,27)28)25(29,30)37(31,32)33;1-22(2,3)24-21-16-19(14-15-20(21)23)25(17-10-6-4-7-11-17)18-12-8-5-9-13-18;4-2(5,6)1(9)3(7,8)13(10,11)12/h4-16,22H,1-3H3;4-16H,1-3H3;1,9H,(H,10,11,12)/q;+1;/p-1. The molecule has 10 nitrogen and oxygen atoms in total. The molecule has 0 aliphatic carbocycles. The fourth-order valence-corrected chi connectivity index (χ4v) is 11.2. The lowest BCUT2D eigenvalue weighted by atomic mass is 10.2. The summed E-state index contributed by atoms with van der Waals surface area (Å²) in [5.74, 6) is -1.16. The molecule has 0 aliphatic heterocycles. The maximum atomic E-state index is 14.2. The lowest BCUT2D eigenvalue weighted by Gasteiger charge is -2.31. The summed E-state index contributed by atoms with van der Waals surface area (Å²) in [7, 11) is -14.3. The summed E-state index contributed by atoms with van der Waals surface area (Å²) in [6.45, 7) is 10.5. The molecule has 0 spiro atoms. The predicted molar refractivity (Wildman–Crippen MR) is 256 cm³/mol. The number of halogens is 11. The molecule has 0 aliphatic rings. The highest BCUT2D eigenvalue weighted by molar-refractivity contribution is 7.97. The lowest BCUT2D eigenvalue weighted by molar-refractivity contribution is -0.248. The van der Waals surface area contributed by atoms with Gasteiger partial charge in [0.05, 0.1) is 21.8 Å². The van der Waals surface area contributed by atoms with E-state index in [9.17, 15) is 74.2 Å².